The van der Waals surface area contributed by atoms with Crippen molar-refractivity contribution in [3.63, 3.8) is 0 Å². The lowest BCUT2D eigenvalue weighted by Crippen LogP contribution is -2.23. The van der Waals surface area contributed by atoms with E-state index in [-0.39, 0.29) is 22.4 Å². The smallest absolute Gasteiger partial charge is 0.266 e. The number of hydrogen-bond acceptors (Lipinski definition) is 5. The first-order chi connectivity index (χ1) is 15.1. The van der Waals surface area contributed by atoms with E-state index in [4.69, 9.17) is 11.6 Å². The number of halogens is 1. The molecule has 4 rings (SSSR count). The first-order valence-electron chi connectivity index (χ1n) is 9.71. The summed E-state index contributed by atoms with van der Waals surface area (Å²) >= 11 is 7.20. The van der Waals surface area contributed by atoms with Crippen LogP contribution in [-0.4, -0.2) is 26.2 Å². The lowest BCUT2D eigenvalue weighted by Gasteiger charge is -2.14. The monoisotopic (exact) mass is 450 g/mol. The van der Waals surface area contributed by atoms with E-state index in [1.165, 1.54) is 17.3 Å². The second-order valence-electron chi connectivity index (χ2n) is 6.75. The average molecular weight is 451 g/mol. The van der Waals surface area contributed by atoms with Crippen molar-refractivity contribution >= 4 is 45.9 Å². The molecule has 0 spiro atoms. The number of fused-ring (bicyclic) bond motifs is 1. The number of amides is 1. The Hall–Kier alpha value is -3.16. The number of benzene rings is 2. The largest absolute Gasteiger partial charge is 0.323 e. The number of anilines is 1. The second-order valence-corrected chi connectivity index (χ2v) is 8.05. The summed E-state index contributed by atoms with van der Waals surface area (Å²) in [5, 5.41) is 3.93. The van der Waals surface area contributed by atoms with Crippen molar-refractivity contribution in [2.45, 2.75) is 18.5 Å². The van der Waals surface area contributed by atoms with E-state index in [1.54, 1.807) is 35.0 Å². The van der Waals surface area contributed by atoms with Gasteiger partial charge < -0.3 is 5.32 Å². The van der Waals surface area contributed by atoms with Gasteiger partial charge in [0.1, 0.15) is 0 Å². The highest BCUT2D eigenvalue weighted by Crippen LogP contribution is 2.23. The number of nitrogens with one attached hydrogen (secondary N) is 1. The molecule has 0 aliphatic heterocycles. The Bertz CT molecular complexity index is 1310. The molecular formula is C23H19ClN4O2S. The first kappa shape index (κ1) is 21.1. The third kappa shape index (κ3) is 4.62. The molecule has 6 nitrogen and oxygen atoms in total. The minimum atomic E-state index is -0.268. The highest BCUT2D eigenvalue weighted by Gasteiger charge is 2.15. The van der Waals surface area contributed by atoms with Gasteiger partial charge in [-0.1, -0.05) is 54.6 Å². The van der Waals surface area contributed by atoms with E-state index in [1.807, 2.05) is 36.4 Å². The lowest BCUT2D eigenvalue weighted by atomic mass is 10.1. The number of hydrogen-bond donors (Lipinski definition) is 1. The Morgan fingerprint density at radius 2 is 1.87 bits per heavy atom. The van der Waals surface area contributed by atoms with E-state index < -0.39 is 0 Å². The summed E-state index contributed by atoms with van der Waals surface area (Å²) in [4.78, 5) is 34.4. The Morgan fingerprint density at radius 3 is 2.61 bits per heavy atom. The van der Waals surface area contributed by atoms with Crippen LogP contribution in [0.5, 0.6) is 0 Å². The second kappa shape index (κ2) is 9.32. The number of para-hydroxylation sites is 1. The molecule has 0 aliphatic rings. The summed E-state index contributed by atoms with van der Waals surface area (Å²) in [6.07, 6.45) is 2.46. The first-order valence-corrected chi connectivity index (χ1v) is 11.1. The van der Waals surface area contributed by atoms with Gasteiger partial charge in [-0.25, -0.2) is 9.97 Å². The topological polar surface area (TPSA) is 76.9 Å². The van der Waals surface area contributed by atoms with Gasteiger partial charge in [0.25, 0.3) is 5.56 Å². The molecule has 2 heterocycles. The molecule has 2 aromatic heterocycles. The van der Waals surface area contributed by atoms with Crippen molar-refractivity contribution < 1.29 is 4.79 Å². The number of pyridine rings is 1. The maximum absolute atomic E-state index is 13.3. The molecule has 0 bridgehead atoms. The van der Waals surface area contributed by atoms with Crippen LogP contribution in [0.1, 0.15) is 12.5 Å². The van der Waals surface area contributed by atoms with Gasteiger partial charge >= 0.3 is 0 Å². The van der Waals surface area contributed by atoms with Gasteiger partial charge in [0.2, 0.25) is 5.91 Å². The maximum Gasteiger partial charge on any atom is 0.266 e. The van der Waals surface area contributed by atoms with Crippen molar-refractivity contribution in [3.05, 3.63) is 87.9 Å². The van der Waals surface area contributed by atoms with Crippen LogP contribution in [0.2, 0.25) is 5.15 Å². The van der Waals surface area contributed by atoms with Crippen molar-refractivity contribution in [3.8, 4) is 5.69 Å². The fourth-order valence-electron chi connectivity index (χ4n) is 3.11. The predicted octanol–water partition coefficient (Wildman–Crippen LogP) is 4.73. The number of thioether (sulfide) groups is 1. The van der Waals surface area contributed by atoms with E-state index in [0.29, 0.717) is 27.4 Å². The van der Waals surface area contributed by atoms with Crippen molar-refractivity contribution in [2.75, 3.05) is 11.1 Å². The zero-order valence-electron chi connectivity index (χ0n) is 16.7. The van der Waals surface area contributed by atoms with Gasteiger partial charge in [0.05, 0.1) is 28.0 Å². The van der Waals surface area contributed by atoms with Crippen LogP contribution in [0.4, 0.5) is 5.69 Å². The van der Waals surface area contributed by atoms with Crippen LogP contribution in [0.25, 0.3) is 16.6 Å². The molecule has 31 heavy (non-hydrogen) atoms. The number of carbonyl (C=O) groups is 1. The number of aromatic nitrogens is 3. The minimum Gasteiger partial charge on any atom is -0.323 e. The van der Waals surface area contributed by atoms with E-state index in [2.05, 4.69) is 22.2 Å². The summed E-state index contributed by atoms with van der Waals surface area (Å²) in [5.41, 5.74) is 2.74. The highest BCUT2D eigenvalue weighted by atomic mass is 35.5. The lowest BCUT2D eigenvalue weighted by molar-refractivity contribution is -0.113. The molecule has 8 heteroatoms. The van der Waals surface area contributed by atoms with Gasteiger partial charge in [0.15, 0.2) is 10.3 Å². The molecule has 1 amide bonds. The molecule has 0 aliphatic carbocycles. The highest BCUT2D eigenvalue weighted by molar-refractivity contribution is 7.99. The Morgan fingerprint density at radius 1 is 1.10 bits per heavy atom. The third-order valence-corrected chi connectivity index (χ3v) is 5.95. The number of nitrogens with zero attached hydrogens (tertiary/aromatic N) is 3. The zero-order chi connectivity index (χ0) is 21.8. The minimum absolute atomic E-state index is 0.0586. The van der Waals surface area contributed by atoms with Crippen LogP contribution in [0.3, 0.4) is 0 Å². The summed E-state index contributed by atoms with van der Waals surface area (Å²) in [6, 6.07) is 18.3. The molecule has 2 aromatic carbocycles. The van der Waals surface area contributed by atoms with Crippen LogP contribution in [0.15, 0.2) is 76.8 Å². The van der Waals surface area contributed by atoms with Gasteiger partial charge in [0, 0.05) is 6.20 Å². The van der Waals surface area contributed by atoms with Crippen molar-refractivity contribution in [1.82, 2.24) is 14.5 Å². The standard InChI is InChI=1S/C23H19ClN4O2S/c1-2-15-9-11-16(12-10-15)28-22(30)17-6-3-4-7-18(17)27-23(28)31-14-20(29)26-19-8-5-13-25-21(19)24/h3-13H,2,14H2,1H3,(H,26,29). The molecule has 0 fully saturated rings. The molecule has 1 N–H and O–H groups in total. The summed E-state index contributed by atoms with van der Waals surface area (Å²) in [5.74, 6) is -0.210. The number of aryl methyl sites for hydroxylation is 1. The van der Waals surface area contributed by atoms with Crippen LogP contribution in [-0.2, 0) is 11.2 Å². The SMILES string of the molecule is CCc1ccc(-n2c(SCC(=O)Nc3cccnc3Cl)nc3ccccc3c2=O)cc1. The Balaban J connectivity index is 1.68. The average Bonchev–Trinajstić information content (AvgIpc) is 2.79. The molecule has 0 saturated carbocycles. The van der Waals surface area contributed by atoms with Gasteiger partial charge in [-0.3, -0.25) is 14.2 Å². The fraction of sp³-hybridized carbons (Fsp3) is 0.130. The van der Waals surface area contributed by atoms with Crippen LogP contribution >= 0.6 is 23.4 Å². The van der Waals surface area contributed by atoms with Crippen molar-refractivity contribution in [2.24, 2.45) is 0 Å². The molecule has 0 unspecified atom stereocenters. The zero-order valence-corrected chi connectivity index (χ0v) is 18.3. The summed E-state index contributed by atoms with van der Waals surface area (Å²) in [6.45, 7) is 2.08. The fourth-order valence-corrected chi connectivity index (χ4v) is 4.09. The molecule has 0 radical (unpaired) electrons. The summed E-state index contributed by atoms with van der Waals surface area (Å²) in [7, 11) is 0. The normalized spacial score (nSPS) is 10.9. The Kier molecular flexibility index (Phi) is 6.34. The quantitative estimate of drug-likeness (QED) is 0.261. The van der Waals surface area contributed by atoms with Gasteiger partial charge in [-0.05, 0) is 48.4 Å². The van der Waals surface area contributed by atoms with E-state index >= 15 is 0 Å². The molecule has 4 aromatic rings. The molecule has 0 atom stereocenters. The summed E-state index contributed by atoms with van der Waals surface area (Å²) < 4.78 is 1.55. The molecular weight excluding hydrogens is 432 g/mol. The van der Waals surface area contributed by atoms with Crippen LogP contribution < -0.4 is 10.9 Å². The molecule has 156 valence electrons. The van der Waals surface area contributed by atoms with E-state index in [9.17, 15) is 9.59 Å². The third-order valence-electron chi connectivity index (χ3n) is 4.71. The predicted molar refractivity (Wildman–Crippen MR) is 125 cm³/mol. The van der Waals surface area contributed by atoms with E-state index in [0.717, 1.165) is 6.42 Å². The number of carbonyl (C=O) groups excluding carboxylic acids is 1. The number of rotatable bonds is 6. The molecule has 0 saturated heterocycles. The van der Waals surface area contributed by atoms with Crippen molar-refractivity contribution in [1.29, 1.82) is 0 Å². The van der Waals surface area contributed by atoms with Crippen LogP contribution in [0, 0.1) is 0 Å². The Labute approximate surface area is 188 Å². The maximum atomic E-state index is 13.3. The van der Waals surface area contributed by atoms with Gasteiger partial charge in [-0.15, -0.1) is 0 Å². The van der Waals surface area contributed by atoms with Gasteiger partial charge in [-0.2, -0.15) is 0 Å².